The quantitative estimate of drug-likeness (QED) is 0.535. The summed E-state index contributed by atoms with van der Waals surface area (Å²) in [6.07, 6.45) is 2.70. The molecule has 2 rings (SSSR count). The highest BCUT2D eigenvalue weighted by Crippen LogP contribution is 2.23. The van der Waals surface area contributed by atoms with E-state index in [0.29, 0.717) is 11.3 Å². The van der Waals surface area contributed by atoms with Crippen LogP contribution in [0.25, 0.3) is 0 Å². The molecule has 0 spiro atoms. The zero-order chi connectivity index (χ0) is 19.1. The van der Waals surface area contributed by atoms with Gasteiger partial charge in [0.15, 0.2) is 23.3 Å². The number of rotatable bonds is 7. The van der Waals surface area contributed by atoms with Gasteiger partial charge in [-0.25, -0.2) is 9.97 Å². The third-order valence-corrected chi connectivity index (χ3v) is 2.88. The van der Waals surface area contributed by atoms with Gasteiger partial charge in [0.25, 0.3) is 5.96 Å². The van der Waals surface area contributed by atoms with Gasteiger partial charge in [-0.3, -0.25) is 10.1 Å². The van der Waals surface area contributed by atoms with Crippen LogP contribution in [-0.2, 0) is 0 Å². The first-order chi connectivity index (χ1) is 12.4. The molecule has 124 valence electrons. The van der Waals surface area contributed by atoms with Gasteiger partial charge < -0.3 is 4.74 Å². The fourth-order valence-corrected chi connectivity index (χ4v) is 1.76. The van der Waals surface area contributed by atoms with Crippen LogP contribution in [0.5, 0.6) is 5.75 Å². The summed E-state index contributed by atoms with van der Waals surface area (Å²) < 4.78 is 4.95. The average Bonchev–Trinajstić information content (AvgIpc) is 2.58. The molecule has 0 N–H and O–H groups in total. The summed E-state index contributed by atoms with van der Waals surface area (Å²) >= 11 is 5.82. The molecule has 1 heterocycles. The van der Waals surface area contributed by atoms with E-state index >= 15 is 0 Å². The fourth-order valence-electron chi connectivity index (χ4n) is 1.59. The van der Waals surface area contributed by atoms with Crippen molar-refractivity contribution in [3.05, 3.63) is 67.2 Å². The average molecular weight is 364 g/mol. The number of aliphatic imine (C=N–C) groups is 1. The van der Waals surface area contributed by atoms with Gasteiger partial charge in [-0.15, -0.1) is 17.2 Å². The molecule has 1 amide bonds. The monoisotopic (exact) mass is 363 g/mol. The molecule has 0 bridgehead atoms. The predicted molar refractivity (Wildman–Crippen MR) is 87.9 cm³/mol. The molecule has 0 atom stereocenters. The lowest BCUT2D eigenvalue weighted by Crippen LogP contribution is -2.10. The number of guanidine groups is 1. The number of carbonyl (C=O) groups is 1. The third kappa shape index (κ3) is 5.21. The topological polar surface area (TPSA) is 145 Å². The summed E-state index contributed by atoms with van der Waals surface area (Å²) in [5.41, 5.74) is 26.7. The van der Waals surface area contributed by atoms with Crippen LogP contribution >= 0.6 is 11.6 Å². The number of hydrogen-bond acceptors (Lipinski definition) is 4. The van der Waals surface area contributed by atoms with Crippen LogP contribution in [0.15, 0.2) is 29.3 Å². The smallest absolute Gasteiger partial charge is 0.303 e. The molecule has 9 nitrogen and oxygen atoms in total. The molecule has 1 aromatic heterocycles. The van der Waals surface area contributed by atoms with Crippen LogP contribution < -0.4 is 27.3 Å². The normalized spacial score (nSPS) is 10.2. The van der Waals surface area contributed by atoms with Gasteiger partial charge in [0.2, 0.25) is 5.82 Å². The second kappa shape index (κ2) is 8.86. The third-order valence-electron chi connectivity index (χ3n) is 2.63. The molecule has 14 radical (unpaired) electrons. The van der Waals surface area contributed by atoms with E-state index in [9.17, 15) is 10.5 Å². The lowest BCUT2D eigenvalue weighted by Gasteiger charge is -2.05. The van der Waals surface area contributed by atoms with Crippen molar-refractivity contribution < 1.29 is 9.53 Å². The Morgan fingerprint density at radius 1 is 1.23 bits per heavy atom. The summed E-state index contributed by atoms with van der Waals surface area (Å²) in [6.45, 7) is 8.04. The van der Waals surface area contributed by atoms with Crippen LogP contribution in [0.1, 0.15) is 16.1 Å². The van der Waals surface area contributed by atoms with E-state index in [1.165, 1.54) is 0 Å². The molecule has 0 unspecified atom stereocenters. The molecule has 2 aromatic rings. The van der Waals surface area contributed by atoms with Crippen molar-refractivity contribution >= 4 is 35.1 Å². The molecule has 26 heavy (non-hydrogen) atoms. The molecule has 0 aliphatic carbocycles. The summed E-state index contributed by atoms with van der Waals surface area (Å²) in [5.74, 6) is -3.26. The van der Waals surface area contributed by atoms with E-state index in [1.54, 1.807) is 24.3 Å². The van der Waals surface area contributed by atoms with Crippen molar-refractivity contribution in [3.8, 4) is 5.75 Å². The molecule has 0 saturated carbocycles. The minimum atomic E-state index is -1.49. The molecular formula is C16H6ClN7O2. The number of hydrogen-bond donors (Lipinski definition) is 0. The molecule has 0 aliphatic rings. The summed E-state index contributed by atoms with van der Waals surface area (Å²) in [7, 11) is 0. The number of benzene rings is 1. The fraction of sp³-hybridized carbons (Fsp3) is 0. The van der Waals surface area contributed by atoms with Crippen molar-refractivity contribution in [3.63, 3.8) is 0 Å². The number of nitrogens with zero attached hydrogens (tertiary/aromatic N) is 7. The molecule has 0 fully saturated rings. The first-order valence-corrected chi connectivity index (χ1v) is 7.06. The standard InChI is InChI=1S/C16H6ClN7O2/c1-2-26-10-5-3-9(4-6-10)7-8-21-14-12(17)22-11(13(18)23-14)15(25)24-16(19)20/h3-6H,1H2. The highest BCUT2D eigenvalue weighted by atomic mass is 35.5. The minimum Gasteiger partial charge on any atom is -0.478 e. The first kappa shape index (κ1) is 19.3. The van der Waals surface area contributed by atoms with E-state index in [-0.39, 0.29) is 11.0 Å². The number of amides is 1. The molecular weight excluding hydrogens is 358 g/mol. The Kier molecular flexibility index (Phi) is 6.56. The minimum absolute atomic E-state index is 0.230. The predicted octanol–water partition coefficient (Wildman–Crippen LogP) is 1.12. The van der Waals surface area contributed by atoms with Gasteiger partial charge in [0.05, 0.1) is 6.42 Å². The van der Waals surface area contributed by atoms with E-state index in [0.717, 1.165) is 0 Å². The maximum Gasteiger partial charge on any atom is 0.303 e. The summed E-state index contributed by atoms with van der Waals surface area (Å²) in [6, 6.07) is 6.64. The Labute approximate surface area is 155 Å². The van der Waals surface area contributed by atoms with Crippen molar-refractivity contribution in [1.29, 1.82) is 0 Å². The maximum absolute atomic E-state index is 11.5. The van der Waals surface area contributed by atoms with Crippen molar-refractivity contribution in [2.24, 2.45) is 4.99 Å². The van der Waals surface area contributed by atoms with Crippen LogP contribution in [0, 0.1) is 26.5 Å². The van der Waals surface area contributed by atoms with Crippen molar-refractivity contribution in [2.75, 3.05) is 0 Å². The van der Waals surface area contributed by atoms with E-state index in [1.807, 2.05) is 0 Å². The Hall–Kier alpha value is -3.07. The van der Waals surface area contributed by atoms with Crippen LogP contribution in [0.4, 0.5) is 11.6 Å². The lowest BCUT2D eigenvalue weighted by molar-refractivity contribution is 0.0998. The second-order valence-electron chi connectivity index (χ2n) is 4.35. The van der Waals surface area contributed by atoms with Gasteiger partial charge in [0.1, 0.15) is 12.3 Å². The number of aromatic nitrogens is 2. The molecule has 10 heteroatoms. The largest absolute Gasteiger partial charge is 0.478 e. The molecule has 0 saturated heterocycles. The zero-order valence-electron chi connectivity index (χ0n) is 12.8. The van der Waals surface area contributed by atoms with Crippen molar-refractivity contribution in [1.82, 2.24) is 32.5 Å². The van der Waals surface area contributed by atoms with E-state index in [2.05, 4.69) is 46.8 Å². The second-order valence-corrected chi connectivity index (χ2v) is 4.70. The van der Waals surface area contributed by atoms with Gasteiger partial charge in [-0.05, 0) is 24.6 Å². The van der Waals surface area contributed by atoms with E-state index < -0.39 is 23.4 Å². The van der Waals surface area contributed by atoms with Gasteiger partial charge >= 0.3 is 5.91 Å². The van der Waals surface area contributed by atoms with Crippen LogP contribution in [0.2, 0.25) is 5.15 Å². The number of carbonyl (C=O) groups excluding carboxylic acids is 1. The Morgan fingerprint density at radius 3 is 2.54 bits per heavy atom. The number of ether oxygens (including phenoxy) is 1. The van der Waals surface area contributed by atoms with Gasteiger partial charge in [-0.1, -0.05) is 23.7 Å². The first-order valence-electron chi connectivity index (χ1n) is 6.69. The highest BCUT2D eigenvalue weighted by molar-refractivity contribution is 6.31. The Morgan fingerprint density at radius 2 is 1.92 bits per heavy atom. The van der Waals surface area contributed by atoms with Crippen LogP contribution in [0.3, 0.4) is 0 Å². The Bertz CT molecular complexity index is 805. The Balaban J connectivity index is 2.00. The number of halogens is 1. The van der Waals surface area contributed by atoms with E-state index in [4.69, 9.17) is 27.8 Å². The lowest BCUT2D eigenvalue weighted by atomic mass is 10.1. The van der Waals surface area contributed by atoms with Crippen molar-refractivity contribution in [2.45, 2.75) is 0 Å². The van der Waals surface area contributed by atoms with Gasteiger partial charge in [0, 0.05) is 0 Å². The zero-order valence-corrected chi connectivity index (χ0v) is 13.6. The van der Waals surface area contributed by atoms with Crippen LogP contribution in [-0.4, -0.2) is 21.8 Å². The van der Waals surface area contributed by atoms with Gasteiger partial charge in [-0.2, -0.15) is 4.99 Å². The molecule has 1 aromatic carbocycles. The maximum atomic E-state index is 11.5. The highest BCUT2D eigenvalue weighted by Gasteiger charge is 2.19. The SMILES string of the molecule is [CH2][C]Oc1ccc([C][C][N]c2nc([N])c(C(=O)N=C([N])[N])nc2Cl)cc1. The molecule has 0 aliphatic heterocycles. The summed E-state index contributed by atoms with van der Waals surface area (Å²) in [4.78, 5) is 21.4. The summed E-state index contributed by atoms with van der Waals surface area (Å²) in [5, 5.41) is 3.42.